The number of halogens is 1. The largest absolute Gasteiger partial charge is 0.381 e. The summed E-state index contributed by atoms with van der Waals surface area (Å²) in [6.45, 7) is 4.46. The van der Waals surface area contributed by atoms with Crippen molar-refractivity contribution in [2.24, 2.45) is 11.8 Å². The van der Waals surface area contributed by atoms with Crippen LogP contribution >= 0.6 is 11.6 Å². The highest BCUT2D eigenvalue weighted by atomic mass is 35.5. The fourth-order valence-electron chi connectivity index (χ4n) is 2.76. The van der Waals surface area contributed by atoms with Gasteiger partial charge in [0.1, 0.15) is 0 Å². The van der Waals surface area contributed by atoms with Gasteiger partial charge >= 0.3 is 0 Å². The van der Waals surface area contributed by atoms with Crippen molar-refractivity contribution in [3.8, 4) is 0 Å². The number of rotatable bonds is 3. The zero-order valence-corrected chi connectivity index (χ0v) is 10.6. The van der Waals surface area contributed by atoms with E-state index in [1.165, 1.54) is 0 Å². The predicted octanol–water partition coefficient (Wildman–Crippen LogP) is 1.89. The van der Waals surface area contributed by atoms with Crippen LogP contribution in [0.5, 0.6) is 0 Å². The summed E-state index contributed by atoms with van der Waals surface area (Å²) in [5.74, 6) is 1.71. The third-order valence-corrected chi connectivity index (χ3v) is 4.24. The number of ether oxygens (including phenoxy) is 1. The Kier molecular flexibility index (Phi) is 4.09. The second-order valence-corrected chi connectivity index (χ2v) is 5.08. The second kappa shape index (κ2) is 5.37. The van der Waals surface area contributed by atoms with Gasteiger partial charge in [-0.15, -0.1) is 11.6 Å². The topological polar surface area (TPSA) is 29.5 Å². The van der Waals surface area contributed by atoms with Gasteiger partial charge in [0.25, 0.3) is 0 Å². The van der Waals surface area contributed by atoms with Gasteiger partial charge in [-0.1, -0.05) is 6.92 Å². The number of nitrogens with zero attached hydrogens (tertiary/aromatic N) is 1. The average molecular weight is 246 g/mol. The molecule has 2 atom stereocenters. The fourth-order valence-corrected chi connectivity index (χ4v) is 3.07. The Morgan fingerprint density at radius 3 is 2.69 bits per heavy atom. The summed E-state index contributed by atoms with van der Waals surface area (Å²) in [6.07, 6.45) is 2.79. The van der Waals surface area contributed by atoms with E-state index < -0.39 is 0 Å². The molecule has 2 aliphatic rings. The van der Waals surface area contributed by atoms with E-state index in [0.717, 1.165) is 39.0 Å². The number of hydrogen-bond acceptors (Lipinski definition) is 2. The van der Waals surface area contributed by atoms with Crippen LogP contribution in [0.25, 0.3) is 0 Å². The minimum Gasteiger partial charge on any atom is -0.381 e. The molecular formula is C12H20ClNO2. The van der Waals surface area contributed by atoms with Crippen LogP contribution in [0.2, 0.25) is 0 Å². The minimum absolute atomic E-state index is 0.194. The van der Waals surface area contributed by atoms with Crippen molar-refractivity contribution in [3.63, 3.8) is 0 Å². The maximum Gasteiger partial charge on any atom is 0.226 e. The van der Waals surface area contributed by atoms with E-state index in [9.17, 15) is 4.79 Å². The molecule has 0 aromatic rings. The Labute approximate surface area is 102 Å². The number of likely N-dealkylation sites (tertiary alicyclic amines) is 1. The molecule has 4 heteroatoms. The molecule has 2 fully saturated rings. The monoisotopic (exact) mass is 245 g/mol. The lowest BCUT2D eigenvalue weighted by molar-refractivity contribution is -0.150. The molecule has 0 bridgehead atoms. The van der Waals surface area contributed by atoms with Crippen molar-refractivity contribution in [1.29, 1.82) is 0 Å². The Morgan fingerprint density at radius 1 is 1.44 bits per heavy atom. The standard InChI is InChI=1S/C12H20ClNO2/c1-2-11-10(7-13)8-14(11)12(15)9-3-5-16-6-4-9/h9-11H,2-8H2,1H3. The molecule has 2 saturated heterocycles. The molecule has 2 heterocycles. The van der Waals surface area contributed by atoms with E-state index >= 15 is 0 Å². The molecule has 16 heavy (non-hydrogen) atoms. The van der Waals surface area contributed by atoms with E-state index in [2.05, 4.69) is 6.92 Å². The van der Waals surface area contributed by atoms with Crippen LogP contribution in [0.3, 0.4) is 0 Å². The van der Waals surface area contributed by atoms with Gasteiger partial charge in [-0.3, -0.25) is 4.79 Å². The number of carbonyl (C=O) groups is 1. The number of alkyl halides is 1. The molecule has 2 rings (SSSR count). The van der Waals surface area contributed by atoms with Crippen LogP contribution in [0.4, 0.5) is 0 Å². The lowest BCUT2D eigenvalue weighted by atomic mass is 9.85. The van der Waals surface area contributed by atoms with Gasteiger partial charge in [-0.05, 0) is 19.3 Å². The Bertz CT molecular complexity index is 253. The van der Waals surface area contributed by atoms with Gasteiger partial charge in [0.2, 0.25) is 5.91 Å². The van der Waals surface area contributed by atoms with E-state index in [0.29, 0.717) is 23.7 Å². The van der Waals surface area contributed by atoms with Gasteiger partial charge in [0.05, 0.1) is 0 Å². The third kappa shape index (κ3) is 2.21. The molecular weight excluding hydrogens is 226 g/mol. The molecule has 3 nitrogen and oxygen atoms in total. The average Bonchev–Trinajstić information content (AvgIpc) is 2.30. The lowest BCUT2D eigenvalue weighted by Crippen LogP contribution is -2.60. The van der Waals surface area contributed by atoms with Crippen molar-refractivity contribution in [2.75, 3.05) is 25.6 Å². The fraction of sp³-hybridized carbons (Fsp3) is 0.917. The Morgan fingerprint density at radius 2 is 2.12 bits per heavy atom. The molecule has 0 saturated carbocycles. The van der Waals surface area contributed by atoms with Crippen LogP contribution < -0.4 is 0 Å². The minimum atomic E-state index is 0.194. The van der Waals surface area contributed by atoms with Crippen LogP contribution in [-0.2, 0) is 9.53 Å². The summed E-state index contributed by atoms with van der Waals surface area (Å²) in [7, 11) is 0. The zero-order chi connectivity index (χ0) is 11.5. The highest BCUT2D eigenvalue weighted by Crippen LogP contribution is 2.31. The van der Waals surface area contributed by atoms with Gasteiger partial charge < -0.3 is 9.64 Å². The highest BCUT2D eigenvalue weighted by molar-refractivity contribution is 6.18. The molecule has 2 aliphatic heterocycles. The molecule has 0 spiro atoms. The van der Waals surface area contributed by atoms with E-state index in [-0.39, 0.29) is 5.92 Å². The van der Waals surface area contributed by atoms with Gasteiger partial charge in [-0.2, -0.15) is 0 Å². The SMILES string of the molecule is CCC1C(CCl)CN1C(=O)C1CCOCC1. The predicted molar refractivity (Wildman–Crippen MR) is 63.5 cm³/mol. The van der Waals surface area contributed by atoms with Crippen LogP contribution in [0.15, 0.2) is 0 Å². The van der Waals surface area contributed by atoms with Crippen molar-refractivity contribution in [1.82, 2.24) is 4.90 Å². The summed E-state index contributed by atoms with van der Waals surface area (Å²) < 4.78 is 5.28. The van der Waals surface area contributed by atoms with Gasteiger partial charge in [0.15, 0.2) is 0 Å². The van der Waals surface area contributed by atoms with E-state index in [1.807, 2.05) is 4.90 Å². The molecule has 1 amide bonds. The Hall–Kier alpha value is -0.280. The maximum atomic E-state index is 12.2. The summed E-state index contributed by atoms with van der Waals surface area (Å²) in [4.78, 5) is 14.3. The normalized spacial score (nSPS) is 31.2. The summed E-state index contributed by atoms with van der Waals surface area (Å²) in [6, 6.07) is 0.382. The quantitative estimate of drug-likeness (QED) is 0.711. The van der Waals surface area contributed by atoms with Gasteiger partial charge in [-0.25, -0.2) is 0 Å². The summed E-state index contributed by atoms with van der Waals surface area (Å²) in [5.41, 5.74) is 0. The Balaban J connectivity index is 1.90. The van der Waals surface area contributed by atoms with Crippen molar-refractivity contribution in [2.45, 2.75) is 32.2 Å². The first-order chi connectivity index (χ1) is 7.77. The molecule has 2 unspecified atom stereocenters. The van der Waals surface area contributed by atoms with E-state index in [1.54, 1.807) is 0 Å². The number of hydrogen-bond donors (Lipinski definition) is 0. The molecule has 0 aromatic carbocycles. The lowest BCUT2D eigenvalue weighted by Gasteiger charge is -2.49. The number of carbonyl (C=O) groups excluding carboxylic acids is 1. The van der Waals surface area contributed by atoms with Crippen molar-refractivity contribution < 1.29 is 9.53 Å². The van der Waals surface area contributed by atoms with Crippen LogP contribution in [0.1, 0.15) is 26.2 Å². The molecule has 92 valence electrons. The van der Waals surface area contributed by atoms with E-state index in [4.69, 9.17) is 16.3 Å². The van der Waals surface area contributed by atoms with Crippen LogP contribution in [0, 0.1) is 11.8 Å². The molecule has 0 aromatic heterocycles. The van der Waals surface area contributed by atoms with Crippen LogP contribution in [-0.4, -0.2) is 42.5 Å². The maximum absolute atomic E-state index is 12.2. The first kappa shape index (κ1) is 12.2. The number of amides is 1. The molecule has 0 radical (unpaired) electrons. The second-order valence-electron chi connectivity index (χ2n) is 4.77. The van der Waals surface area contributed by atoms with Gasteiger partial charge in [0, 0.05) is 43.5 Å². The molecule has 0 N–H and O–H groups in total. The smallest absolute Gasteiger partial charge is 0.226 e. The van der Waals surface area contributed by atoms with Crippen molar-refractivity contribution >= 4 is 17.5 Å². The highest BCUT2D eigenvalue weighted by Gasteiger charge is 2.42. The zero-order valence-electron chi connectivity index (χ0n) is 9.82. The third-order valence-electron chi connectivity index (χ3n) is 3.85. The first-order valence-electron chi connectivity index (χ1n) is 6.22. The summed E-state index contributed by atoms with van der Waals surface area (Å²) in [5, 5.41) is 0. The van der Waals surface area contributed by atoms with Crippen molar-refractivity contribution in [3.05, 3.63) is 0 Å². The molecule has 0 aliphatic carbocycles. The summed E-state index contributed by atoms with van der Waals surface area (Å²) >= 11 is 5.87. The first-order valence-corrected chi connectivity index (χ1v) is 6.75.